The first-order chi connectivity index (χ1) is 4.46. The van der Waals surface area contributed by atoms with E-state index in [0.29, 0.717) is 5.70 Å². The molecule has 0 bridgehead atoms. The lowest BCUT2D eigenvalue weighted by atomic mass is 10.1. The number of rotatable bonds is 2. The summed E-state index contributed by atoms with van der Waals surface area (Å²) in [5.74, 6) is -0.542. The number of Topliss-reactive ketones (excluding diaryl/α,β-unsaturated/α-hetero) is 1. The van der Waals surface area contributed by atoms with E-state index in [2.05, 4.69) is 0 Å². The Morgan fingerprint density at radius 1 is 1.30 bits per heavy atom. The van der Waals surface area contributed by atoms with Gasteiger partial charge in [0.25, 0.3) is 0 Å². The summed E-state index contributed by atoms with van der Waals surface area (Å²) < 4.78 is 0. The Kier molecular flexibility index (Phi) is 2.61. The molecular formula is C6H11N3O. The highest BCUT2D eigenvalue weighted by molar-refractivity contribution is 6.19. The Balaban J connectivity index is 4.79. The number of allylic oxidation sites excluding steroid dienone is 1. The van der Waals surface area contributed by atoms with Crippen LogP contribution in [0.15, 0.2) is 11.3 Å². The van der Waals surface area contributed by atoms with Gasteiger partial charge in [-0.25, -0.2) is 0 Å². The van der Waals surface area contributed by atoms with Gasteiger partial charge >= 0.3 is 0 Å². The van der Waals surface area contributed by atoms with E-state index in [1.165, 1.54) is 13.8 Å². The van der Waals surface area contributed by atoms with Gasteiger partial charge in [0, 0.05) is 5.70 Å². The molecule has 0 amide bonds. The molecule has 0 spiro atoms. The van der Waals surface area contributed by atoms with E-state index in [1.807, 2.05) is 0 Å². The van der Waals surface area contributed by atoms with E-state index >= 15 is 0 Å². The molecule has 0 saturated carbocycles. The number of hydrogen-bond acceptors (Lipinski definition) is 3. The number of amidine groups is 1. The second-order valence-corrected chi connectivity index (χ2v) is 2.03. The zero-order valence-electron chi connectivity index (χ0n) is 6.06. The predicted molar refractivity (Wildman–Crippen MR) is 39.5 cm³/mol. The summed E-state index contributed by atoms with van der Waals surface area (Å²) in [4.78, 5) is 10.7. The molecule has 0 aliphatic rings. The van der Waals surface area contributed by atoms with Crippen molar-refractivity contribution in [2.45, 2.75) is 13.8 Å². The summed E-state index contributed by atoms with van der Waals surface area (Å²) in [6, 6.07) is 0. The SMILES string of the molecule is CC(=O)/C(C(=N)N)=C(\C)N. The number of hydrogen-bond donors (Lipinski definition) is 3. The molecule has 4 heteroatoms. The van der Waals surface area contributed by atoms with Crippen molar-refractivity contribution >= 4 is 11.6 Å². The minimum atomic E-state index is -0.271. The lowest BCUT2D eigenvalue weighted by molar-refractivity contribution is -0.113. The van der Waals surface area contributed by atoms with Gasteiger partial charge in [-0.15, -0.1) is 0 Å². The van der Waals surface area contributed by atoms with Gasteiger partial charge in [0.15, 0.2) is 5.78 Å². The molecule has 56 valence electrons. The fourth-order valence-corrected chi connectivity index (χ4v) is 0.680. The maximum atomic E-state index is 10.7. The number of nitrogens with one attached hydrogen (secondary N) is 1. The van der Waals surface area contributed by atoms with Crippen LogP contribution in [0.2, 0.25) is 0 Å². The van der Waals surface area contributed by atoms with Gasteiger partial charge in [-0.3, -0.25) is 10.2 Å². The van der Waals surface area contributed by atoms with E-state index in [9.17, 15) is 4.79 Å². The van der Waals surface area contributed by atoms with Crippen LogP contribution in [0.5, 0.6) is 0 Å². The molecule has 10 heavy (non-hydrogen) atoms. The van der Waals surface area contributed by atoms with Crippen LogP contribution in [-0.2, 0) is 4.79 Å². The fraction of sp³-hybridized carbons (Fsp3) is 0.333. The molecule has 0 rings (SSSR count). The first-order valence-corrected chi connectivity index (χ1v) is 2.78. The van der Waals surface area contributed by atoms with Gasteiger partial charge in [0.2, 0.25) is 0 Å². The largest absolute Gasteiger partial charge is 0.402 e. The molecular weight excluding hydrogens is 130 g/mol. The first-order valence-electron chi connectivity index (χ1n) is 2.78. The number of nitrogens with two attached hydrogens (primary N) is 2. The summed E-state index contributed by atoms with van der Waals surface area (Å²) in [6.07, 6.45) is 0. The van der Waals surface area contributed by atoms with Gasteiger partial charge in [-0.1, -0.05) is 0 Å². The van der Waals surface area contributed by atoms with Gasteiger partial charge in [0.1, 0.15) is 5.84 Å². The Hall–Kier alpha value is -1.32. The molecule has 0 radical (unpaired) electrons. The van der Waals surface area contributed by atoms with Crippen LogP contribution < -0.4 is 11.5 Å². The zero-order valence-corrected chi connectivity index (χ0v) is 6.06. The van der Waals surface area contributed by atoms with Gasteiger partial charge in [-0.2, -0.15) is 0 Å². The molecule has 0 aliphatic carbocycles. The second kappa shape index (κ2) is 3.00. The summed E-state index contributed by atoms with van der Waals surface area (Å²) >= 11 is 0. The van der Waals surface area contributed by atoms with E-state index in [4.69, 9.17) is 16.9 Å². The molecule has 0 saturated heterocycles. The highest BCUT2D eigenvalue weighted by atomic mass is 16.1. The van der Waals surface area contributed by atoms with Crippen LogP contribution in [0.4, 0.5) is 0 Å². The highest BCUT2D eigenvalue weighted by Crippen LogP contribution is 1.98. The van der Waals surface area contributed by atoms with Crippen molar-refractivity contribution in [3.63, 3.8) is 0 Å². The smallest absolute Gasteiger partial charge is 0.165 e. The summed E-state index contributed by atoms with van der Waals surface area (Å²) in [5.41, 5.74) is 10.7. The highest BCUT2D eigenvalue weighted by Gasteiger charge is 2.08. The Morgan fingerprint density at radius 2 is 1.70 bits per heavy atom. The minimum absolute atomic E-state index is 0.111. The molecule has 0 heterocycles. The molecule has 0 aliphatic heterocycles. The fourth-order valence-electron chi connectivity index (χ4n) is 0.680. The van der Waals surface area contributed by atoms with Crippen molar-refractivity contribution in [3.8, 4) is 0 Å². The molecule has 0 unspecified atom stereocenters. The maximum absolute atomic E-state index is 10.7. The molecule has 0 aromatic carbocycles. The van der Waals surface area contributed by atoms with E-state index in [-0.39, 0.29) is 17.2 Å². The monoisotopic (exact) mass is 141 g/mol. The van der Waals surface area contributed by atoms with E-state index in [0.717, 1.165) is 0 Å². The Bertz CT molecular complexity index is 185. The van der Waals surface area contributed by atoms with Crippen LogP contribution in [-0.4, -0.2) is 11.6 Å². The molecule has 0 aromatic rings. The summed E-state index contributed by atoms with van der Waals surface area (Å²) in [5, 5.41) is 6.93. The Labute approximate surface area is 59.4 Å². The molecule has 4 nitrogen and oxygen atoms in total. The third kappa shape index (κ3) is 1.89. The average Bonchev–Trinajstić information content (AvgIpc) is 1.59. The summed E-state index contributed by atoms with van der Waals surface area (Å²) in [7, 11) is 0. The van der Waals surface area contributed by atoms with Crippen molar-refractivity contribution in [1.29, 1.82) is 5.41 Å². The lowest BCUT2D eigenvalue weighted by Gasteiger charge is -2.01. The van der Waals surface area contributed by atoms with Crippen LogP contribution >= 0.6 is 0 Å². The van der Waals surface area contributed by atoms with E-state index < -0.39 is 0 Å². The van der Waals surface area contributed by atoms with Crippen molar-refractivity contribution in [2.24, 2.45) is 11.5 Å². The third-order valence-electron chi connectivity index (χ3n) is 1.02. The number of ketones is 1. The summed E-state index contributed by atoms with van der Waals surface area (Å²) in [6.45, 7) is 2.87. The standard InChI is InChI=1S/C6H11N3O/c1-3(7)5(4(2)10)6(8)9/h7H2,1-2H3,(H3,8,9)/b5-3-. The molecule has 0 aromatic heterocycles. The van der Waals surface area contributed by atoms with Crippen molar-refractivity contribution in [2.75, 3.05) is 0 Å². The van der Waals surface area contributed by atoms with Crippen LogP contribution in [0.1, 0.15) is 13.8 Å². The zero-order chi connectivity index (χ0) is 8.31. The lowest BCUT2D eigenvalue weighted by Crippen LogP contribution is -2.21. The predicted octanol–water partition coefficient (Wildman–Crippen LogP) is -0.256. The van der Waals surface area contributed by atoms with Gasteiger partial charge in [0.05, 0.1) is 5.57 Å². The number of carbonyl (C=O) groups excluding carboxylic acids is 1. The van der Waals surface area contributed by atoms with Crippen LogP contribution in [0.25, 0.3) is 0 Å². The van der Waals surface area contributed by atoms with Crippen LogP contribution in [0.3, 0.4) is 0 Å². The second-order valence-electron chi connectivity index (χ2n) is 2.03. The molecule has 5 N–H and O–H groups in total. The minimum Gasteiger partial charge on any atom is -0.402 e. The first kappa shape index (κ1) is 8.68. The topological polar surface area (TPSA) is 93.0 Å². The Morgan fingerprint density at radius 3 is 1.70 bits per heavy atom. The maximum Gasteiger partial charge on any atom is 0.165 e. The van der Waals surface area contributed by atoms with Crippen molar-refractivity contribution in [3.05, 3.63) is 11.3 Å². The normalized spacial score (nSPS) is 12.2. The molecule has 0 fully saturated rings. The van der Waals surface area contributed by atoms with Crippen LogP contribution in [0, 0.1) is 5.41 Å². The molecule has 0 atom stereocenters. The van der Waals surface area contributed by atoms with Gasteiger partial charge < -0.3 is 11.5 Å². The average molecular weight is 141 g/mol. The van der Waals surface area contributed by atoms with E-state index in [1.54, 1.807) is 0 Å². The van der Waals surface area contributed by atoms with Crippen molar-refractivity contribution in [1.82, 2.24) is 0 Å². The quantitative estimate of drug-likeness (QED) is 0.281. The number of carbonyl (C=O) groups is 1. The third-order valence-corrected chi connectivity index (χ3v) is 1.02. The van der Waals surface area contributed by atoms with Gasteiger partial charge in [-0.05, 0) is 13.8 Å². The van der Waals surface area contributed by atoms with Crippen molar-refractivity contribution < 1.29 is 4.79 Å².